The smallest absolute Gasteiger partial charge is 0.224 e. The van der Waals surface area contributed by atoms with Gasteiger partial charge >= 0.3 is 0 Å². The Labute approximate surface area is 149 Å². The summed E-state index contributed by atoms with van der Waals surface area (Å²) in [5, 5.41) is 6.29. The Balaban J connectivity index is 0.00000208. The fourth-order valence-electron chi connectivity index (χ4n) is 3.26. The molecule has 24 heavy (non-hydrogen) atoms. The molecular weight excluding hydrogens is 326 g/mol. The monoisotopic (exact) mass is 351 g/mol. The van der Waals surface area contributed by atoms with Crippen LogP contribution in [0.1, 0.15) is 36.8 Å². The van der Waals surface area contributed by atoms with Crippen LogP contribution in [0.3, 0.4) is 0 Å². The second kappa shape index (κ2) is 9.04. The van der Waals surface area contributed by atoms with Crippen molar-refractivity contribution in [2.75, 3.05) is 19.6 Å². The molecule has 0 spiro atoms. The van der Waals surface area contributed by atoms with Crippen molar-refractivity contribution in [3.05, 3.63) is 35.4 Å². The van der Waals surface area contributed by atoms with E-state index in [4.69, 9.17) is 0 Å². The number of nitrogens with zero attached hydrogens (tertiary/aromatic N) is 1. The van der Waals surface area contributed by atoms with Crippen LogP contribution in [0.4, 0.5) is 0 Å². The zero-order valence-corrected chi connectivity index (χ0v) is 14.7. The third-order valence-electron chi connectivity index (χ3n) is 4.70. The fourth-order valence-corrected chi connectivity index (χ4v) is 3.26. The lowest BCUT2D eigenvalue weighted by atomic mass is 9.99. The highest BCUT2D eigenvalue weighted by Crippen LogP contribution is 2.15. The van der Waals surface area contributed by atoms with Crippen molar-refractivity contribution < 1.29 is 9.59 Å². The number of piperidine rings is 1. The molecule has 0 aromatic heterocycles. The molecule has 6 heteroatoms. The van der Waals surface area contributed by atoms with E-state index in [-0.39, 0.29) is 30.1 Å². The number of amides is 2. The highest BCUT2D eigenvalue weighted by atomic mass is 35.5. The number of likely N-dealkylation sites (tertiary alicyclic amines) is 1. The Morgan fingerprint density at radius 2 is 1.96 bits per heavy atom. The molecule has 0 saturated carbocycles. The first-order valence-corrected chi connectivity index (χ1v) is 8.56. The van der Waals surface area contributed by atoms with Crippen molar-refractivity contribution in [3.63, 3.8) is 0 Å². The first-order chi connectivity index (χ1) is 11.2. The number of nitrogens with one attached hydrogen (secondary N) is 2. The van der Waals surface area contributed by atoms with E-state index in [2.05, 4.69) is 22.8 Å². The van der Waals surface area contributed by atoms with E-state index in [1.165, 1.54) is 0 Å². The third-order valence-corrected chi connectivity index (χ3v) is 4.70. The van der Waals surface area contributed by atoms with Crippen molar-refractivity contribution in [3.8, 4) is 0 Å². The summed E-state index contributed by atoms with van der Waals surface area (Å²) in [6.45, 7) is 3.93. The molecule has 1 unspecified atom stereocenters. The Hall–Kier alpha value is -1.59. The summed E-state index contributed by atoms with van der Waals surface area (Å²) in [6.07, 6.45) is 3.70. The van der Waals surface area contributed by atoms with E-state index in [1.807, 2.05) is 17.0 Å². The van der Waals surface area contributed by atoms with E-state index in [0.717, 1.165) is 50.0 Å². The van der Waals surface area contributed by atoms with Crippen LogP contribution < -0.4 is 10.6 Å². The molecule has 3 rings (SSSR count). The lowest BCUT2D eigenvalue weighted by Gasteiger charge is -2.22. The van der Waals surface area contributed by atoms with E-state index in [1.54, 1.807) is 0 Å². The topological polar surface area (TPSA) is 61.4 Å². The number of rotatable bonds is 5. The highest BCUT2D eigenvalue weighted by Gasteiger charge is 2.21. The molecule has 0 bridgehead atoms. The van der Waals surface area contributed by atoms with Crippen molar-refractivity contribution in [1.82, 2.24) is 15.5 Å². The van der Waals surface area contributed by atoms with Crippen LogP contribution in [-0.4, -0.2) is 36.3 Å². The lowest BCUT2D eigenvalue weighted by Crippen LogP contribution is -2.40. The Morgan fingerprint density at radius 1 is 1.21 bits per heavy atom. The molecule has 2 aliphatic heterocycles. The molecule has 1 aromatic rings. The molecule has 2 N–H and O–H groups in total. The van der Waals surface area contributed by atoms with Crippen molar-refractivity contribution in [2.45, 2.75) is 38.8 Å². The minimum absolute atomic E-state index is 0. The molecular formula is C18H26ClN3O2. The minimum Gasteiger partial charge on any atom is -0.352 e. The van der Waals surface area contributed by atoms with Gasteiger partial charge in [-0.05, 0) is 36.9 Å². The van der Waals surface area contributed by atoms with E-state index < -0.39 is 0 Å². The first kappa shape index (κ1) is 18.7. The summed E-state index contributed by atoms with van der Waals surface area (Å²) in [7, 11) is 0. The van der Waals surface area contributed by atoms with Gasteiger partial charge in [-0.3, -0.25) is 9.59 Å². The molecule has 2 heterocycles. The number of benzene rings is 1. The fraction of sp³-hybridized carbons (Fsp3) is 0.556. The molecule has 2 saturated heterocycles. The number of carbonyl (C=O) groups is 2. The van der Waals surface area contributed by atoms with Gasteiger partial charge < -0.3 is 15.5 Å². The van der Waals surface area contributed by atoms with Gasteiger partial charge in [-0.1, -0.05) is 24.3 Å². The van der Waals surface area contributed by atoms with Gasteiger partial charge in [0.25, 0.3) is 0 Å². The zero-order valence-electron chi connectivity index (χ0n) is 13.9. The summed E-state index contributed by atoms with van der Waals surface area (Å²) in [5.41, 5.74) is 2.24. The second-order valence-electron chi connectivity index (χ2n) is 6.50. The van der Waals surface area contributed by atoms with Gasteiger partial charge in [0.1, 0.15) is 0 Å². The van der Waals surface area contributed by atoms with E-state index in [9.17, 15) is 9.59 Å². The standard InChI is InChI=1S/C18H25N3O2.ClH/c22-17-4-2-10-21(17)13-15-7-5-14(6-8-15)11-20-18(23)16-3-1-9-19-12-16;/h5-8,16,19H,1-4,9-13H2,(H,20,23);1H. The predicted molar refractivity (Wildman–Crippen MR) is 95.8 cm³/mol. The Bertz CT molecular complexity index is 556. The largest absolute Gasteiger partial charge is 0.352 e. The number of halogens is 1. The van der Waals surface area contributed by atoms with Crippen LogP contribution in [0.25, 0.3) is 0 Å². The lowest BCUT2D eigenvalue weighted by molar-refractivity contribution is -0.128. The van der Waals surface area contributed by atoms with Crippen molar-refractivity contribution >= 4 is 24.2 Å². The molecule has 1 atom stereocenters. The van der Waals surface area contributed by atoms with E-state index >= 15 is 0 Å². The summed E-state index contributed by atoms with van der Waals surface area (Å²) in [5.74, 6) is 0.496. The maximum absolute atomic E-state index is 12.1. The van der Waals surface area contributed by atoms with E-state index in [0.29, 0.717) is 19.5 Å². The van der Waals surface area contributed by atoms with Crippen molar-refractivity contribution in [1.29, 1.82) is 0 Å². The maximum Gasteiger partial charge on any atom is 0.224 e. The molecule has 1 aromatic carbocycles. The van der Waals surface area contributed by atoms with Gasteiger partial charge in [-0.15, -0.1) is 12.4 Å². The average molecular weight is 352 g/mol. The van der Waals surface area contributed by atoms with Crippen LogP contribution in [0.5, 0.6) is 0 Å². The minimum atomic E-state index is 0. The molecule has 0 aliphatic carbocycles. The number of carbonyl (C=O) groups excluding carboxylic acids is 2. The van der Waals surface area contributed by atoms with Crippen LogP contribution in [-0.2, 0) is 22.7 Å². The van der Waals surface area contributed by atoms with Gasteiger partial charge in [0.2, 0.25) is 11.8 Å². The summed E-state index contributed by atoms with van der Waals surface area (Å²) in [6, 6.07) is 8.18. The van der Waals surface area contributed by atoms with Gasteiger partial charge in [0, 0.05) is 32.6 Å². The van der Waals surface area contributed by atoms with Crippen LogP contribution in [0.15, 0.2) is 24.3 Å². The van der Waals surface area contributed by atoms with Crippen molar-refractivity contribution in [2.24, 2.45) is 5.92 Å². The number of hydrogen-bond acceptors (Lipinski definition) is 3. The normalized spacial score (nSPS) is 20.6. The molecule has 132 valence electrons. The van der Waals surface area contributed by atoms with Crippen LogP contribution in [0.2, 0.25) is 0 Å². The third kappa shape index (κ3) is 4.95. The highest BCUT2D eigenvalue weighted by molar-refractivity contribution is 5.85. The molecule has 2 fully saturated rings. The second-order valence-corrected chi connectivity index (χ2v) is 6.50. The van der Waals surface area contributed by atoms with Gasteiger partial charge in [-0.2, -0.15) is 0 Å². The molecule has 0 radical (unpaired) electrons. The van der Waals surface area contributed by atoms with Crippen LogP contribution in [0, 0.1) is 5.92 Å². The quantitative estimate of drug-likeness (QED) is 0.851. The summed E-state index contributed by atoms with van der Waals surface area (Å²) >= 11 is 0. The van der Waals surface area contributed by atoms with Gasteiger partial charge in [0.05, 0.1) is 5.92 Å². The predicted octanol–water partition coefficient (Wildman–Crippen LogP) is 1.85. The Morgan fingerprint density at radius 3 is 2.58 bits per heavy atom. The molecule has 5 nitrogen and oxygen atoms in total. The van der Waals surface area contributed by atoms with Crippen LogP contribution >= 0.6 is 12.4 Å². The summed E-state index contributed by atoms with van der Waals surface area (Å²) in [4.78, 5) is 25.7. The van der Waals surface area contributed by atoms with Gasteiger partial charge in [-0.25, -0.2) is 0 Å². The zero-order chi connectivity index (χ0) is 16.1. The average Bonchev–Trinajstić information content (AvgIpc) is 2.99. The SMILES string of the molecule is Cl.O=C(NCc1ccc(CN2CCCC2=O)cc1)C1CCCNC1. The first-order valence-electron chi connectivity index (χ1n) is 8.56. The summed E-state index contributed by atoms with van der Waals surface area (Å²) < 4.78 is 0. The van der Waals surface area contributed by atoms with Gasteiger partial charge in [0.15, 0.2) is 0 Å². The number of hydrogen-bond donors (Lipinski definition) is 2. The maximum atomic E-state index is 12.1. The Kier molecular flexibility index (Phi) is 7.06. The molecule has 2 aliphatic rings. The molecule has 2 amide bonds.